The first-order chi connectivity index (χ1) is 7.66. The number of hydrogen-bond acceptors (Lipinski definition) is 3. The summed E-state index contributed by atoms with van der Waals surface area (Å²) in [5.74, 6) is 0.879. The van der Waals surface area contributed by atoms with Crippen LogP contribution < -0.4 is 10.1 Å². The third-order valence-electron chi connectivity index (χ3n) is 3.30. The van der Waals surface area contributed by atoms with Crippen molar-refractivity contribution < 1.29 is 4.74 Å². The van der Waals surface area contributed by atoms with E-state index >= 15 is 0 Å². The number of hydrogen-bond donors (Lipinski definition) is 1. The smallest absolute Gasteiger partial charge is 0.138 e. The summed E-state index contributed by atoms with van der Waals surface area (Å²) in [6.07, 6.45) is 4.49. The maximum atomic E-state index is 5.91. The molecule has 3 nitrogen and oxygen atoms in total. The van der Waals surface area contributed by atoms with E-state index in [0.29, 0.717) is 6.04 Å². The lowest BCUT2D eigenvalue weighted by atomic mass is 10.1. The average Bonchev–Trinajstić information content (AvgIpc) is 2.77. The number of aromatic nitrogens is 1. The summed E-state index contributed by atoms with van der Waals surface area (Å²) in [7, 11) is 0. The van der Waals surface area contributed by atoms with Gasteiger partial charge in [0.15, 0.2) is 0 Å². The van der Waals surface area contributed by atoms with Gasteiger partial charge in [0.2, 0.25) is 0 Å². The number of aryl methyl sites for hydroxylation is 2. The largest absolute Gasteiger partial charge is 0.487 e. The summed E-state index contributed by atoms with van der Waals surface area (Å²) >= 11 is 0. The predicted octanol–water partition coefficient (Wildman–Crippen LogP) is 2.22. The van der Waals surface area contributed by atoms with Crippen molar-refractivity contribution in [2.75, 3.05) is 6.54 Å². The van der Waals surface area contributed by atoms with Gasteiger partial charge in [-0.25, -0.2) is 0 Å². The molecule has 0 aliphatic carbocycles. The summed E-state index contributed by atoms with van der Waals surface area (Å²) in [4.78, 5) is 4.31. The number of pyridine rings is 1. The van der Waals surface area contributed by atoms with E-state index in [9.17, 15) is 0 Å². The van der Waals surface area contributed by atoms with Gasteiger partial charge >= 0.3 is 0 Å². The zero-order chi connectivity index (χ0) is 11.5. The molecule has 0 saturated carbocycles. The Kier molecular flexibility index (Phi) is 3.44. The molecule has 3 heteroatoms. The molecular weight excluding hydrogens is 200 g/mol. The van der Waals surface area contributed by atoms with Crippen LogP contribution >= 0.6 is 0 Å². The second-order valence-corrected chi connectivity index (χ2v) is 4.60. The van der Waals surface area contributed by atoms with Crippen LogP contribution in [0.2, 0.25) is 0 Å². The number of nitrogens with zero attached hydrogens (tertiary/aromatic N) is 1. The number of rotatable bonds is 3. The lowest BCUT2D eigenvalue weighted by Crippen LogP contribution is -2.36. The predicted molar refractivity (Wildman–Crippen MR) is 64.8 cm³/mol. The van der Waals surface area contributed by atoms with Gasteiger partial charge in [-0.1, -0.05) is 0 Å². The van der Waals surface area contributed by atoms with E-state index in [2.05, 4.69) is 30.2 Å². The molecule has 1 aromatic heterocycles. The molecule has 2 rings (SSSR count). The Balaban J connectivity index is 1.99. The Morgan fingerprint density at radius 2 is 2.31 bits per heavy atom. The second kappa shape index (κ2) is 4.83. The SMILES string of the molecule is Cc1cc(OC(C)C2CCCN2)cnc1C. The summed E-state index contributed by atoms with van der Waals surface area (Å²) in [6.45, 7) is 7.32. The maximum absolute atomic E-state index is 5.91. The third-order valence-corrected chi connectivity index (χ3v) is 3.30. The van der Waals surface area contributed by atoms with Crippen LogP contribution in [-0.4, -0.2) is 23.7 Å². The van der Waals surface area contributed by atoms with Gasteiger partial charge in [-0.05, 0) is 51.8 Å². The minimum Gasteiger partial charge on any atom is -0.487 e. The Morgan fingerprint density at radius 1 is 1.50 bits per heavy atom. The third kappa shape index (κ3) is 2.53. The fourth-order valence-corrected chi connectivity index (χ4v) is 2.09. The van der Waals surface area contributed by atoms with E-state index < -0.39 is 0 Å². The fourth-order valence-electron chi connectivity index (χ4n) is 2.09. The van der Waals surface area contributed by atoms with Crippen molar-refractivity contribution in [1.29, 1.82) is 0 Å². The van der Waals surface area contributed by atoms with Crippen molar-refractivity contribution in [2.45, 2.75) is 45.8 Å². The molecule has 0 bridgehead atoms. The van der Waals surface area contributed by atoms with Crippen molar-refractivity contribution in [3.63, 3.8) is 0 Å². The molecule has 2 atom stereocenters. The fraction of sp³-hybridized carbons (Fsp3) is 0.615. The Bertz CT molecular complexity index is 359. The first-order valence-corrected chi connectivity index (χ1v) is 6.00. The molecule has 1 aromatic rings. The van der Waals surface area contributed by atoms with Gasteiger partial charge in [-0.15, -0.1) is 0 Å². The molecule has 0 radical (unpaired) electrons. The highest BCUT2D eigenvalue weighted by Crippen LogP contribution is 2.18. The van der Waals surface area contributed by atoms with Crippen molar-refractivity contribution in [2.24, 2.45) is 0 Å². The second-order valence-electron chi connectivity index (χ2n) is 4.60. The summed E-state index contributed by atoms with van der Waals surface area (Å²) < 4.78 is 5.91. The molecule has 1 N–H and O–H groups in total. The van der Waals surface area contributed by atoms with Gasteiger partial charge in [-0.2, -0.15) is 0 Å². The highest BCUT2D eigenvalue weighted by Gasteiger charge is 2.22. The summed E-state index contributed by atoms with van der Waals surface area (Å²) in [6, 6.07) is 2.55. The average molecular weight is 220 g/mol. The van der Waals surface area contributed by atoms with Crippen LogP contribution in [0.1, 0.15) is 31.0 Å². The van der Waals surface area contributed by atoms with Crippen LogP contribution in [0.5, 0.6) is 5.75 Å². The molecule has 2 heterocycles. The highest BCUT2D eigenvalue weighted by molar-refractivity contribution is 5.27. The minimum absolute atomic E-state index is 0.214. The van der Waals surface area contributed by atoms with E-state index in [4.69, 9.17) is 4.74 Å². The minimum atomic E-state index is 0.214. The van der Waals surface area contributed by atoms with Gasteiger partial charge < -0.3 is 10.1 Å². The topological polar surface area (TPSA) is 34.1 Å². The van der Waals surface area contributed by atoms with Crippen LogP contribution in [0.15, 0.2) is 12.3 Å². The quantitative estimate of drug-likeness (QED) is 0.848. The molecular formula is C13H20N2O. The Morgan fingerprint density at radius 3 is 2.94 bits per heavy atom. The maximum Gasteiger partial charge on any atom is 0.138 e. The molecule has 1 saturated heterocycles. The summed E-state index contributed by atoms with van der Waals surface area (Å²) in [5.41, 5.74) is 2.25. The van der Waals surface area contributed by atoms with Gasteiger partial charge in [0, 0.05) is 11.7 Å². The van der Waals surface area contributed by atoms with E-state index in [1.165, 1.54) is 18.4 Å². The molecule has 16 heavy (non-hydrogen) atoms. The van der Waals surface area contributed by atoms with Crippen molar-refractivity contribution >= 4 is 0 Å². The van der Waals surface area contributed by atoms with Gasteiger partial charge in [0.05, 0.1) is 6.20 Å². The van der Waals surface area contributed by atoms with Gasteiger partial charge in [0.25, 0.3) is 0 Å². The van der Waals surface area contributed by atoms with Gasteiger partial charge in [-0.3, -0.25) is 4.98 Å². The van der Waals surface area contributed by atoms with Gasteiger partial charge in [0.1, 0.15) is 11.9 Å². The molecule has 1 fully saturated rings. The lowest BCUT2D eigenvalue weighted by Gasteiger charge is -2.21. The number of nitrogens with one attached hydrogen (secondary N) is 1. The van der Waals surface area contributed by atoms with Crippen molar-refractivity contribution in [1.82, 2.24) is 10.3 Å². The van der Waals surface area contributed by atoms with Crippen LogP contribution in [0, 0.1) is 13.8 Å². The first kappa shape index (κ1) is 11.4. The Labute approximate surface area is 97.2 Å². The van der Waals surface area contributed by atoms with E-state index in [0.717, 1.165) is 18.0 Å². The zero-order valence-corrected chi connectivity index (χ0v) is 10.3. The normalized spacial score (nSPS) is 22.1. The van der Waals surface area contributed by atoms with Crippen LogP contribution in [0.4, 0.5) is 0 Å². The molecule has 0 amide bonds. The Hall–Kier alpha value is -1.09. The summed E-state index contributed by atoms with van der Waals surface area (Å²) in [5, 5.41) is 3.46. The van der Waals surface area contributed by atoms with E-state index in [-0.39, 0.29) is 6.10 Å². The first-order valence-electron chi connectivity index (χ1n) is 6.00. The van der Waals surface area contributed by atoms with Crippen molar-refractivity contribution in [3.05, 3.63) is 23.5 Å². The monoisotopic (exact) mass is 220 g/mol. The molecule has 1 aliphatic heterocycles. The lowest BCUT2D eigenvalue weighted by molar-refractivity contribution is 0.179. The molecule has 2 unspecified atom stereocenters. The molecule has 0 aromatic carbocycles. The highest BCUT2D eigenvalue weighted by atomic mass is 16.5. The number of ether oxygens (including phenoxy) is 1. The molecule has 1 aliphatic rings. The molecule has 0 spiro atoms. The van der Waals surface area contributed by atoms with Crippen LogP contribution in [-0.2, 0) is 0 Å². The van der Waals surface area contributed by atoms with E-state index in [1.54, 1.807) is 0 Å². The molecule has 88 valence electrons. The van der Waals surface area contributed by atoms with Crippen LogP contribution in [0.25, 0.3) is 0 Å². The zero-order valence-electron chi connectivity index (χ0n) is 10.3. The van der Waals surface area contributed by atoms with E-state index in [1.807, 2.05) is 13.1 Å². The van der Waals surface area contributed by atoms with Crippen LogP contribution in [0.3, 0.4) is 0 Å². The van der Waals surface area contributed by atoms with Crippen molar-refractivity contribution in [3.8, 4) is 5.75 Å². The standard InChI is InChI=1S/C13H20N2O/c1-9-7-12(8-15-10(9)2)16-11(3)13-5-4-6-14-13/h7-8,11,13-14H,4-6H2,1-3H3.